The van der Waals surface area contributed by atoms with E-state index in [9.17, 15) is 9.59 Å². The van der Waals surface area contributed by atoms with Crippen LogP contribution in [-0.2, 0) is 4.79 Å². The predicted molar refractivity (Wildman–Crippen MR) is 51.2 cm³/mol. The van der Waals surface area contributed by atoms with Gasteiger partial charge in [-0.05, 0) is 18.2 Å². The van der Waals surface area contributed by atoms with E-state index in [2.05, 4.69) is 5.32 Å². The zero-order chi connectivity index (χ0) is 10.1. The number of carbonyl (C=O) groups is 2. The van der Waals surface area contributed by atoms with Crippen LogP contribution in [-0.4, -0.2) is 18.4 Å². The average molecular weight is 194 g/mol. The number of nitrogens with one attached hydrogen (secondary N) is 1. The Morgan fingerprint density at radius 1 is 1.57 bits per heavy atom. The normalized spacial score (nSPS) is 13.9. The van der Waals surface area contributed by atoms with Gasteiger partial charge in [-0.2, -0.15) is 0 Å². The zero-order valence-electron chi connectivity index (χ0n) is 7.24. The Morgan fingerprint density at radius 2 is 2.36 bits per heavy atom. The first-order valence-corrected chi connectivity index (χ1v) is 4.03. The molecule has 0 fully saturated rings. The van der Waals surface area contributed by atoms with Crippen molar-refractivity contribution < 1.29 is 15.8 Å². The van der Waals surface area contributed by atoms with E-state index in [1.807, 2.05) is 0 Å². The van der Waals surface area contributed by atoms with Crippen molar-refractivity contribution >= 4 is 17.5 Å². The van der Waals surface area contributed by atoms with Crippen LogP contribution in [0.2, 0.25) is 0 Å². The van der Waals surface area contributed by atoms with E-state index in [-0.39, 0.29) is 13.9 Å². The molecule has 1 heterocycles. The second-order valence-electron chi connectivity index (χ2n) is 2.91. The molecule has 5 heteroatoms. The van der Waals surface area contributed by atoms with Crippen LogP contribution in [0.25, 0.3) is 0 Å². The molecule has 1 aliphatic rings. The number of hydrogen-bond donors (Lipinski definition) is 2. The Morgan fingerprint density at radius 3 is 3.07 bits per heavy atom. The van der Waals surface area contributed by atoms with Gasteiger partial charge in [0.1, 0.15) is 5.75 Å². The molecule has 0 atom stereocenters. The van der Waals surface area contributed by atoms with Crippen molar-refractivity contribution in [2.75, 3.05) is 11.9 Å². The maximum atomic E-state index is 10.9. The summed E-state index contributed by atoms with van der Waals surface area (Å²) in [6.45, 7) is -0.0325. The van der Waals surface area contributed by atoms with Crippen LogP contribution in [0, 0.1) is 0 Å². The molecule has 2 rings (SSSR count). The first kappa shape index (κ1) is 8.55. The Labute approximate surface area is 81.3 Å². The van der Waals surface area contributed by atoms with Gasteiger partial charge in [0.05, 0.1) is 5.69 Å². The third kappa shape index (κ3) is 1.39. The van der Waals surface area contributed by atoms with E-state index in [0.29, 0.717) is 17.0 Å². The Bertz CT molecular complexity index is 420. The van der Waals surface area contributed by atoms with Gasteiger partial charge >= 0.3 is 0 Å². The number of nitrogens with two attached hydrogens (primary N) is 1. The molecule has 74 valence electrons. The number of carbonyl (C=O) groups excluding carboxylic acids is 2. The van der Waals surface area contributed by atoms with Crippen molar-refractivity contribution in [3.8, 4) is 5.75 Å². The van der Waals surface area contributed by atoms with Gasteiger partial charge < -0.3 is 15.8 Å². The molecule has 0 aromatic heterocycles. The number of fused-ring (bicyclic) bond motifs is 1. The van der Waals surface area contributed by atoms with Crippen molar-refractivity contribution in [1.29, 1.82) is 0 Å². The first-order valence-electron chi connectivity index (χ1n) is 4.03. The van der Waals surface area contributed by atoms with Crippen molar-refractivity contribution in [3.05, 3.63) is 23.8 Å². The number of hydrogen-bond acceptors (Lipinski definition) is 3. The first-order chi connectivity index (χ1) is 6.66. The molecule has 1 aromatic carbocycles. The van der Waals surface area contributed by atoms with Crippen molar-refractivity contribution in [2.24, 2.45) is 5.73 Å². The van der Waals surface area contributed by atoms with Gasteiger partial charge in [-0.3, -0.25) is 9.59 Å². The molecule has 1 aromatic rings. The molecule has 0 radical (unpaired) electrons. The summed E-state index contributed by atoms with van der Waals surface area (Å²) in [6.07, 6.45) is 0. The van der Waals surface area contributed by atoms with E-state index < -0.39 is 5.91 Å². The van der Waals surface area contributed by atoms with Crippen molar-refractivity contribution in [3.63, 3.8) is 0 Å². The molecule has 0 spiro atoms. The average Bonchev–Trinajstić information content (AvgIpc) is 2.16. The molecule has 0 unspecified atom stereocenters. The van der Waals surface area contributed by atoms with Gasteiger partial charge in [0, 0.05) is 6.99 Å². The molecule has 0 aliphatic carbocycles. The van der Waals surface area contributed by atoms with Gasteiger partial charge in [-0.15, -0.1) is 0 Å². The molecular formula is C9H10N2O3. The minimum atomic E-state index is -0.520. The predicted octanol–water partition coefficient (Wildman–Crippen LogP) is 0.362. The monoisotopic (exact) mass is 194 g/mol. The highest BCUT2D eigenvalue weighted by Crippen LogP contribution is 2.28. The van der Waals surface area contributed by atoms with E-state index in [1.54, 1.807) is 6.07 Å². The lowest BCUT2D eigenvalue weighted by molar-refractivity contribution is -0.118. The van der Waals surface area contributed by atoms with E-state index >= 15 is 0 Å². The van der Waals surface area contributed by atoms with E-state index in [1.165, 1.54) is 12.1 Å². The highest BCUT2D eigenvalue weighted by Gasteiger charge is 2.16. The van der Waals surface area contributed by atoms with Crippen LogP contribution in [0.5, 0.6) is 5.75 Å². The van der Waals surface area contributed by atoms with Crippen LogP contribution in [0.4, 0.5) is 5.69 Å². The summed E-state index contributed by atoms with van der Waals surface area (Å²) < 4.78 is 5.11. The molecule has 0 saturated carbocycles. The van der Waals surface area contributed by atoms with Crippen LogP contribution < -0.4 is 15.8 Å². The minimum absolute atomic E-state index is 0. The molecule has 14 heavy (non-hydrogen) atoms. The standard InChI is InChI=1S/C9H8N2O3.H2/c10-9(13)5-1-2-6-7(3-5)14-4-8(12)11-6;/h1-3H,4H2,(H2,10,13)(H,11,12);1H. The number of anilines is 1. The molecule has 3 N–H and O–H groups in total. The van der Waals surface area contributed by atoms with Crippen molar-refractivity contribution in [2.45, 2.75) is 0 Å². The third-order valence-electron chi connectivity index (χ3n) is 1.90. The van der Waals surface area contributed by atoms with Crippen molar-refractivity contribution in [1.82, 2.24) is 0 Å². The zero-order valence-corrected chi connectivity index (χ0v) is 7.24. The molecular weight excluding hydrogens is 184 g/mol. The topological polar surface area (TPSA) is 81.4 Å². The molecule has 2 amide bonds. The number of primary amides is 1. The highest BCUT2D eigenvalue weighted by atomic mass is 16.5. The smallest absolute Gasteiger partial charge is 0.262 e. The summed E-state index contributed by atoms with van der Waals surface area (Å²) in [5.74, 6) is -0.251. The fourth-order valence-electron chi connectivity index (χ4n) is 1.23. The fraction of sp³-hybridized carbons (Fsp3) is 0.111. The molecule has 1 aliphatic heterocycles. The quantitative estimate of drug-likeness (QED) is 0.677. The summed E-state index contributed by atoms with van der Waals surface area (Å²) >= 11 is 0. The summed E-state index contributed by atoms with van der Waals surface area (Å²) in [5.41, 5.74) is 6.01. The van der Waals surface area contributed by atoms with Gasteiger partial charge in [0.25, 0.3) is 5.91 Å². The van der Waals surface area contributed by atoms with Crippen LogP contribution in [0.3, 0.4) is 0 Å². The Hall–Kier alpha value is -2.04. The van der Waals surface area contributed by atoms with Gasteiger partial charge in [0.15, 0.2) is 6.61 Å². The second-order valence-corrected chi connectivity index (χ2v) is 2.91. The summed E-state index contributed by atoms with van der Waals surface area (Å²) in [7, 11) is 0. The van der Waals surface area contributed by atoms with E-state index in [4.69, 9.17) is 10.5 Å². The number of ether oxygens (including phenoxy) is 1. The molecule has 5 nitrogen and oxygen atoms in total. The van der Waals surface area contributed by atoms with Gasteiger partial charge in [0.2, 0.25) is 5.91 Å². The van der Waals surface area contributed by atoms with Crippen LogP contribution >= 0.6 is 0 Å². The number of benzene rings is 1. The lowest BCUT2D eigenvalue weighted by Crippen LogP contribution is -2.25. The molecule has 0 bridgehead atoms. The Kier molecular flexibility index (Phi) is 1.85. The summed E-state index contributed by atoms with van der Waals surface area (Å²) in [5, 5.41) is 2.61. The highest BCUT2D eigenvalue weighted by molar-refractivity contribution is 5.98. The number of amides is 2. The van der Waals surface area contributed by atoms with E-state index in [0.717, 1.165) is 0 Å². The van der Waals surface area contributed by atoms with Crippen LogP contribution in [0.15, 0.2) is 18.2 Å². The maximum Gasteiger partial charge on any atom is 0.262 e. The lowest BCUT2D eigenvalue weighted by atomic mass is 10.1. The molecule has 0 saturated heterocycles. The maximum absolute atomic E-state index is 10.9. The summed E-state index contributed by atoms with van der Waals surface area (Å²) in [6, 6.07) is 4.64. The van der Waals surface area contributed by atoms with Gasteiger partial charge in [-0.1, -0.05) is 0 Å². The Balaban J connectivity index is 0.00000112. The number of rotatable bonds is 1. The fourth-order valence-corrected chi connectivity index (χ4v) is 1.23. The SMILES string of the molecule is NC(=O)c1ccc2c(c1)OCC(=O)N2.[HH]. The third-order valence-corrected chi connectivity index (χ3v) is 1.90. The lowest BCUT2D eigenvalue weighted by Gasteiger charge is -2.17. The largest absolute Gasteiger partial charge is 0.482 e. The van der Waals surface area contributed by atoms with Crippen LogP contribution in [0.1, 0.15) is 11.8 Å². The minimum Gasteiger partial charge on any atom is -0.482 e. The summed E-state index contributed by atoms with van der Waals surface area (Å²) in [4.78, 5) is 21.7. The second kappa shape index (κ2) is 3.02. The van der Waals surface area contributed by atoms with Gasteiger partial charge in [-0.25, -0.2) is 0 Å².